The Morgan fingerprint density at radius 3 is 2.12 bits per heavy atom. The van der Waals surface area contributed by atoms with Crippen LogP contribution < -0.4 is 11.3 Å². The maximum Gasteiger partial charge on any atom is 0.241 e. The van der Waals surface area contributed by atoms with E-state index in [9.17, 15) is 4.79 Å². The third kappa shape index (κ3) is 2.83. The minimum Gasteiger partial charge on any atom is -0.294 e. The third-order valence-corrected chi connectivity index (χ3v) is 2.81. The Labute approximate surface area is 97.0 Å². The summed E-state index contributed by atoms with van der Waals surface area (Å²) in [4.78, 5) is 11.4. The van der Waals surface area contributed by atoms with E-state index >= 15 is 0 Å². The van der Waals surface area contributed by atoms with E-state index in [0.29, 0.717) is 0 Å². The molecule has 3 nitrogen and oxygen atoms in total. The van der Waals surface area contributed by atoms with Gasteiger partial charge in [-0.25, -0.2) is 5.84 Å². The molecule has 0 heterocycles. The summed E-state index contributed by atoms with van der Waals surface area (Å²) in [5, 5.41) is 0. The number of nitrogens with one attached hydrogen (secondary N) is 1. The molecule has 0 aliphatic rings. The fraction of sp³-hybridized carbons (Fsp3) is 0.462. The van der Waals surface area contributed by atoms with E-state index in [0.717, 1.165) is 5.56 Å². The highest BCUT2D eigenvalue weighted by molar-refractivity contribution is 5.82. The van der Waals surface area contributed by atoms with Crippen LogP contribution in [-0.4, -0.2) is 5.91 Å². The normalized spacial score (nSPS) is 13.3. The van der Waals surface area contributed by atoms with Crippen LogP contribution >= 0.6 is 0 Å². The van der Waals surface area contributed by atoms with Gasteiger partial charge in [0.05, 0.1) is 5.92 Å². The predicted molar refractivity (Wildman–Crippen MR) is 65.9 cm³/mol. The molecule has 0 fully saturated rings. The zero-order chi connectivity index (χ0) is 12.3. The zero-order valence-corrected chi connectivity index (χ0v) is 10.4. The van der Waals surface area contributed by atoms with Crippen molar-refractivity contribution in [1.29, 1.82) is 0 Å². The molecule has 0 saturated heterocycles. The minimum absolute atomic E-state index is 0.137. The van der Waals surface area contributed by atoms with Gasteiger partial charge in [0.1, 0.15) is 0 Å². The fourth-order valence-electron chi connectivity index (χ4n) is 1.55. The molecule has 1 amide bonds. The Hall–Kier alpha value is -1.35. The molecule has 0 radical (unpaired) electrons. The lowest BCUT2D eigenvalue weighted by Gasteiger charge is -2.20. The van der Waals surface area contributed by atoms with Crippen molar-refractivity contribution in [3.63, 3.8) is 0 Å². The van der Waals surface area contributed by atoms with Gasteiger partial charge in [0.2, 0.25) is 5.91 Å². The molecule has 3 N–H and O–H groups in total. The molecule has 1 aromatic carbocycles. The van der Waals surface area contributed by atoms with E-state index in [1.54, 1.807) is 0 Å². The number of hydrazine groups is 1. The molecule has 3 heteroatoms. The smallest absolute Gasteiger partial charge is 0.241 e. The lowest BCUT2D eigenvalue weighted by atomic mass is 9.85. The van der Waals surface area contributed by atoms with E-state index in [1.165, 1.54) is 5.56 Å². The van der Waals surface area contributed by atoms with Gasteiger partial charge in [-0.2, -0.15) is 0 Å². The van der Waals surface area contributed by atoms with Crippen LogP contribution in [0.3, 0.4) is 0 Å². The predicted octanol–water partition coefficient (Wildman–Crippen LogP) is 2.08. The van der Waals surface area contributed by atoms with E-state index in [1.807, 2.05) is 19.1 Å². The number of rotatable bonds is 2. The van der Waals surface area contributed by atoms with Crippen molar-refractivity contribution in [3.05, 3.63) is 35.4 Å². The highest BCUT2D eigenvalue weighted by Crippen LogP contribution is 2.24. The molecule has 1 aromatic rings. The Kier molecular flexibility index (Phi) is 3.70. The Morgan fingerprint density at radius 1 is 1.25 bits per heavy atom. The van der Waals surface area contributed by atoms with Crippen molar-refractivity contribution < 1.29 is 4.79 Å². The highest BCUT2D eigenvalue weighted by atomic mass is 16.2. The average Bonchev–Trinajstić information content (AvgIpc) is 2.26. The Morgan fingerprint density at radius 2 is 1.75 bits per heavy atom. The zero-order valence-electron chi connectivity index (χ0n) is 10.4. The van der Waals surface area contributed by atoms with Crippen molar-refractivity contribution in [2.24, 2.45) is 5.84 Å². The largest absolute Gasteiger partial charge is 0.294 e. The van der Waals surface area contributed by atoms with Gasteiger partial charge in [-0.3, -0.25) is 10.2 Å². The van der Waals surface area contributed by atoms with Gasteiger partial charge in [0.25, 0.3) is 0 Å². The number of hydrogen-bond donors (Lipinski definition) is 2. The summed E-state index contributed by atoms with van der Waals surface area (Å²) in [7, 11) is 0. The Balaban J connectivity index is 2.91. The number of nitrogens with two attached hydrogens (primary N) is 1. The molecule has 1 unspecified atom stereocenters. The summed E-state index contributed by atoms with van der Waals surface area (Å²) in [5.41, 5.74) is 4.55. The summed E-state index contributed by atoms with van der Waals surface area (Å²) >= 11 is 0. The standard InChI is InChI=1S/C13H20N2O/c1-9(12(16)15-14)10-5-7-11(8-6-10)13(2,3)4/h5-9H,14H2,1-4H3,(H,15,16). The molecule has 16 heavy (non-hydrogen) atoms. The fourth-order valence-corrected chi connectivity index (χ4v) is 1.55. The molecule has 88 valence electrons. The van der Waals surface area contributed by atoms with Crippen LogP contribution in [0.25, 0.3) is 0 Å². The average molecular weight is 220 g/mol. The van der Waals surface area contributed by atoms with Crippen molar-refractivity contribution >= 4 is 5.91 Å². The van der Waals surface area contributed by atoms with Crippen molar-refractivity contribution in [2.45, 2.75) is 39.0 Å². The lowest BCUT2D eigenvalue weighted by molar-refractivity contribution is -0.122. The monoisotopic (exact) mass is 220 g/mol. The lowest BCUT2D eigenvalue weighted by Crippen LogP contribution is -2.33. The van der Waals surface area contributed by atoms with Crippen molar-refractivity contribution in [3.8, 4) is 0 Å². The van der Waals surface area contributed by atoms with Crippen LogP contribution in [-0.2, 0) is 10.2 Å². The molecule has 0 aromatic heterocycles. The molecule has 1 rings (SSSR count). The second-order valence-electron chi connectivity index (χ2n) is 5.10. The molecule has 0 aliphatic heterocycles. The maximum absolute atomic E-state index is 11.4. The molecule has 0 saturated carbocycles. The van der Waals surface area contributed by atoms with Gasteiger partial charge in [-0.15, -0.1) is 0 Å². The number of carbonyl (C=O) groups excluding carboxylic acids is 1. The maximum atomic E-state index is 11.4. The van der Waals surface area contributed by atoms with Gasteiger partial charge in [0.15, 0.2) is 0 Å². The van der Waals surface area contributed by atoms with E-state index in [2.05, 4.69) is 38.3 Å². The minimum atomic E-state index is -0.209. The van der Waals surface area contributed by atoms with E-state index in [-0.39, 0.29) is 17.2 Å². The van der Waals surface area contributed by atoms with Crippen LogP contribution in [0.2, 0.25) is 0 Å². The summed E-state index contributed by atoms with van der Waals surface area (Å²) in [5.74, 6) is 4.74. The van der Waals surface area contributed by atoms with E-state index < -0.39 is 0 Å². The second-order valence-corrected chi connectivity index (χ2v) is 5.10. The van der Waals surface area contributed by atoms with Gasteiger partial charge in [-0.1, -0.05) is 45.0 Å². The van der Waals surface area contributed by atoms with Crippen molar-refractivity contribution in [2.75, 3.05) is 0 Å². The van der Waals surface area contributed by atoms with Crippen LogP contribution in [0.5, 0.6) is 0 Å². The molecule has 0 spiro atoms. The Bertz CT molecular complexity index is 363. The molecule has 0 aliphatic carbocycles. The van der Waals surface area contributed by atoms with Gasteiger partial charge < -0.3 is 0 Å². The first kappa shape index (κ1) is 12.7. The number of benzene rings is 1. The first-order valence-electron chi connectivity index (χ1n) is 5.47. The molecular formula is C13H20N2O. The third-order valence-electron chi connectivity index (χ3n) is 2.81. The molecule has 1 atom stereocenters. The summed E-state index contributed by atoms with van der Waals surface area (Å²) in [6, 6.07) is 8.10. The van der Waals surface area contributed by atoms with Gasteiger partial charge >= 0.3 is 0 Å². The second kappa shape index (κ2) is 4.66. The van der Waals surface area contributed by atoms with Crippen molar-refractivity contribution in [1.82, 2.24) is 5.43 Å². The summed E-state index contributed by atoms with van der Waals surface area (Å²) in [6.45, 7) is 8.34. The van der Waals surface area contributed by atoms with Crippen LogP contribution in [0.1, 0.15) is 44.7 Å². The quantitative estimate of drug-likeness (QED) is 0.455. The van der Waals surface area contributed by atoms with Gasteiger partial charge in [-0.05, 0) is 23.5 Å². The number of hydrogen-bond acceptors (Lipinski definition) is 2. The van der Waals surface area contributed by atoms with Crippen LogP contribution in [0.15, 0.2) is 24.3 Å². The first-order chi connectivity index (χ1) is 7.36. The summed E-state index contributed by atoms with van der Waals surface area (Å²) in [6.07, 6.45) is 0. The molecule has 0 bridgehead atoms. The van der Waals surface area contributed by atoms with Crippen LogP contribution in [0, 0.1) is 0 Å². The summed E-state index contributed by atoms with van der Waals surface area (Å²) < 4.78 is 0. The number of carbonyl (C=O) groups is 1. The van der Waals surface area contributed by atoms with Crippen LogP contribution in [0.4, 0.5) is 0 Å². The van der Waals surface area contributed by atoms with E-state index in [4.69, 9.17) is 5.84 Å². The topological polar surface area (TPSA) is 55.1 Å². The molecular weight excluding hydrogens is 200 g/mol. The van der Waals surface area contributed by atoms with Gasteiger partial charge in [0, 0.05) is 0 Å². The SMILES string of the molecule is CC(C(=O)NN)c1ccc(C(C)(C)C)cc1. The highest BCUT2D eigenvalue weighted by Gasteiger charge is 2.16. The first-order valence-corrected chi connectivity index (χ1v) is 5.47. The number of amides is 1.